The third-order valence-electron chi connectivity index (χ3n) is 15.3. The lowest BCUT2D eigenvalue weighted by Gasteiger charge is -2.43. The number of fused-ring (bicyclic) bond motifs is 3. The maximum absolute atomic E-state index is 14.7. The van der Waals surface area contributed by atoms with Gasteiger partial charge in [-0.15, -0.1) is 23.5 Å². The highest BCUT2D eigenvalue weighted by molar-refractivity contribution is 8.21. The summed E-state index contributed by atoms with van der Waals surface area (Å²) in [5, 5.41) is 45.3. The van der Waals surface area contributed by atoms with Gasteiger partial charge in [0.15, 0.2) is 5.78 Å². The minimum atomic E-state index is -2.40. The number of hydrogen-bond acceptors (Lipinski definition) is 14. The van der Waals surface area contributed by atoms with Crippen molar-refractivity contribution in [3.8, 4) is 0 Å². The predicted octanol–water partition coefficient (Wildman–Crippen LogP) is 7.13. The van der Waals surface area contributed by atoms with E-state index in [4.69, 9.17) is 18.9 Å². The van der Waals surface area contributed by atoms with Crippen LogP contribution >= 0.6 is 23.5 Å². The van der Waals surface area contributed by atoms with Crippen molar-refractivity contribution in [2.75, 3.05) is 32.3 Å². The number of nitrogens with zero attached hydrogens (tertiary/aromatic N) is 1. The van der Waals surface area contributed by atoms with Crippen molar-refractivity contribution in [1.82, 2.24) is 4.90 Å². The number of thioether (sulfide) groups is 2. The van der Waals surface area contributed by atoms with Crippen molar-refractivity contribution < 1.29 is 58.6 Å². The Morgan fingerprint density at radius 1 is 0.851 bits per heavy atom. The molecule has 15 heteroatoms. The number of hydrogen-bond donors (Lipinski definition) is 4. The van der Waals surface area contributed by atoms with Gasteiger partial charge < -0.3 is 44.3 Å². The van der Waals surface area contributed by atoms with Gasteiger partial charge in [-0.2, -0.15) is 0 Å². The number of ketones is 2. The van der Waals surface area contributed by atoms with E-state index >= 15 is 0 Å². The molecule has 1 amide bonds. The maximum atomic E-state index is 14.7. The first-order valence-corrected chi connectivity index (χ1v) is 26.8. The van der Waals surface area contributed by atoms with Crippen molar-refractivity contribution >= 4 is 47.0 Å². The van der Waals surface area contributed by atoms with E-state index in [1.165, 1.54) is 4.90 Å². The van der Waals surface area contributed by atoms with Crippen LogP contribution in [-0.2, 0) is 38.1 Å². The molecule has 4 N–H and O–H groups in total. The van der Waals surface area contributed by atoms with E-state index in [9.17, 15) is 39.6 Å². The molecule has 378 valence electrons. The Labute approximate surface area is 408 Å². The standard InChI is InChI=1S/C52H81NO12S2/c1-31-15-11-10-12-16-32(2)42(62-8)29-39-20-18-36(6)52(61,65-39)48(58)49(59)53-22-14-13-17-40(53)50(60)64-44(33(3)27-38-19-21-41(54)43(28-38)63-9)30-51(66-23-24-67-51)37(7)26-35(5)46(56)47(57)45(55)34(4)25-31/h10-12,15-16,26,31,33-34,36-44,46-47,54,56-57,61H,13-14,17-25,27-30H2,1-9H3/b12-10+,15-11+,32-16+,35-26+/t31-,33-,34-,36-,37-,38+,39+,40+,41-,42+,43-,44+,46-,47+,52-/m1/s1. The molecule has 1 spiro atoms. The number of methoxy groups -OCH3 is 2. The number of esters is 1. The molecular formula is C52H81NO12S2. The number of aliphatic hydroxyl groups is 4. The molecule has 15 atom stereocenters. The minimum Gasteiger partial charge on any atom is -0.460 e. The molecule has 0 aromatic carbocycles. The number of amides is 1. The Morgan fingerprint density at radius 2 is 1.57 bits per heavy atom. The molecule has 4 fully saturated rings. The van der Waals surface area contributed by atoms with Crippen LogP contribution in [0.3, 0.4) is 0 Å². The fourth-order valence-corrected chi connectivity index (χ4v) is 14.3. The summed E-state index contributed by atoms with van der Waals surface area (Å²) in [4.78, 5) is 58.3. The Balaban J connectivity index is 1.51. The number of aliphatic hydroxyl groups excluding tert-OH is 3. The van der Waals surface area contributed by atoms with Gasteiger partial charge in [0.2, 0.25) is 5.79 Å². The number of cyclic esters (lactones) is 1. The number of allylic oxidation sites excluding steroid dienone is 6. The SMILES string of the molecule is CO[C@H]1C[C@@H]2CC[C@@H](C)[C@@](O)(O2)C(=O)C(=O)N2CCCC[C@H]2C(=O)O[C@H]([C@H](C)C[C@@H]2CC[C@@H](O)[C@H](OC)C2)CC2(SCCS2)[C@H](C)/C=C(\C)[C@@H](O)[C@@H](O)C(=O)[C@H](C)C[C@H](C)/C=C/C=C/C=C/1C. The number of carbonyl (C=O) groups is 4. The predicted molar refractivity (Wildman–Crippen MR) is 263 cm³/mol. The highest BCUT2D eigenvalue weighted by Gasteiger charge is 2.53. The lowest BCUT2D eigenvalue weighted by atomic mass is 9.78. The Morgan fingerprint density at radius 3 is 2.25 bits per heavy atom. The van der Waals surface area contributed by atoms with E-state index in [0.29, 0.717) is 76.2 Å². The van der Waals surface area contributed by atoms with Crippen LogP contribution in [0, 0.1) is 35.5 Å². The molecule has 5 aliphatic rings. The maximum Gasteiger partial charge on any atom is 0.329 e. The molecule has 4 aliphatic heterocycles. The summed E-state index contributed by atoms with van der Waals surface area (Å²) in [6.07, 6.45) is 12.5. The molecule has 4 heterocycles. The topological polar surface area (TPSA) is 189 Å². The van der Waals surface area contributed by atoms with Crippen LogP contribution < -0.4 is 0 Å². The monoisotopic (exact) mass is 976 g/mol. The van der Waals surface area contributed by atoms with Crippen molar-refractivity contribution in [2.45, 2.75) is 184 Å². The summed E-state index contributed by atoms with van der Waals surface area (Å²) in [6.45, 7) is 13.4. The molecule has 0 radical (unpaired) electrons. The second-order valence-electron chi connectivity index (χ2n) is 20.4. The Hall–Kier alpha value is -2.34. The second kappa shape index (κ2) is 25.2. The van der Waals surface area contributed by atoms with Gasteiger partial charge in [-0.25, -0.2) is 4.79 Å². The van der Waals surface area contributed by atoms with Crippen molar-refractivity contribution in [3.05, 3.63) is 47.6 Å². The fraction of sp³-hybridized carbons (Fsp3) is 0.769. The first-order valence-electron chi connectivity index (χ1n) is 24.8. The summed E-state index contributed by atoms with van der Waals surface area (Å²) in [5.41, 5.74) is 1.37. The quantitative estimate of drug-likeness (QED) is 0.124. The van der Waals surface area contributed by atoms with Crippen molar-refractivity contribution in [1.29, 1.82) is 0 Å². The summed E-state index contributed by atoms with van der Waals surface area (Å²) in [6, 6.07) is -1.05. The molecule has 0 unspecified atom stereocenters. The average Bonchev–Trinajstić information content (AvgIpc) is 3.80. The molecule has 3 saturated heterocycles. The molecule has 5 rings (SSSR count). The zero-order chi connectivity index (χ0) is 49.2. The number of Topliss-reactive ketones (excluding diaryl/α,β-unsaturated/α-hetero) is 2. The van der Waals surface area contributed by atoms with E-state index in [2.05, 4.69) is 13.8 Å². The molecule has 2 bridgehead atoms. The van der Waals surface area contributed by atoms with Crippen LogP contribution in [0.15, 0.2) is 47.6 Å². The van der Waals surface area contributed by atoms with E-state index in [-0.39, 0.29) is 36.3 Å². The zero-order valence-electron chi connectivity index (χ0n) is 41.5. The van der Waals surface area contributed by atoms with E-state index in [0.717, 1.165) is 23.5 Å². The van der Waals surface area contributed by atoms with Crippen molar-refractivity contribution in [3.63, 3.8) is 0 Å². The van der Waals surface area contributed by atoms with Crippen molar-refractivity contribution in [2.24, 2.45) is 35.5 Å². The van der Waals surface area contributed by atoms with Gasteiger partial charge in [-0.05, 0) is 113 Å². The zero-order valence-corrected chi connectivity index (χ0v) is 43.1. The first-order chi connectivity index (χ1) is 31.7. The van der Waals surface area contributed by atoms with E-state index in [1.54, 1.807) is 58.5 Å². The fourth-order valence-electron chi connectivity index (χ4n) is 10.9. The molecule has 0 aromatic heterocycles. The summed E-state index contributed by atoms with van der Waals surface area (Å²) in [7, 11) is 3.20. The van der Waals surface area contributed by atoms with Crippen LogP contribution in [0.1, 0.15) is 126 Å². The van der Waals surface area contributed by atoms with E-state index < -0.39 is 87.8 Å². The van der Waals surface area contributed by atoms with Gasteiger partial charge in [0.25, 0.3) is 11.7 Å². The summed E-state index contributed by atoms with van der Waals surface area (Å²) >= 11 is 3.54. The van der Waals surface area contributed by atoms with Crippen LogP contribution in [0.2, 0.25) is 0 Å². The van der Waals surface area contributed by atoms with Crippen LogP contribution in [0.4, 0.5) is 0 Å². The normalized spacial score (nSPS) is 41.3. The van der Waals surface area contributed by atoms with E-state index in [1.807, 2.05) is 50.3 Å². The number of piperidine rings is 1. The highest BCUT2D eigenvalue weighted by atomic mass is 32.2. The summed E-state index contributed by atoms with van der Waals surface area (Å²) < 4.78 is 23.8. The number of ether oxygens (including phenoxy) is 4. The third kappa shape index (κ3) is 14.0. The Kier molecular flexibility index (Phi) is 20.9. The van der Waals surface area contributed by atoms with Crippen LogP contribution in [-0.4, -0.2) is 140 Å². The van der Waals surface area contributed by atoms with Crippen LogP contribution in [0.25, 0.3) is 0 Å². The first kappa shape index (κ1) is 55.6. The average molecular weight is 976 g/mol. The van der Waals surface area contributed by atoms with Gasteiger partial charge in [-0.3, -0.25) is 14.4 Å². The molecule has 67 heavy (non-hydrogen) atoms. The number of rotatable bonds is 5. The minimum absolute atomic E-state index is 0.00389. The highest BCUT2D eigenvalue weighted by Crippen LogP contribution is 2.54. The number of carbonyl (C=O) groups excluding carboxylic acids is 4. The lowest BCUT2D eigenvalue weighted by molar-refractivity contribution is -0.265. The van der Waals surface area contributed by atoms with Gasteiger partial charge in [-0.1, -0.05) is 71.1 Å². The van der Waals surface area contributed by atoms with Gasteiger partial charge >= 0.3 is 5.97 Å². The third-order valence-corrected chi connectivity index (χ3v) is 19.1. The van der Waals surface area contributed by atoms with Gasteiger partial charge in [0, 0.05) is 56.9 Å². The lowest BCUT2D eigenvalue weighted by Crippen LogP contribution is -2.61. The molecule has 1 aliphatic carbocycles. The molecular weight excluding hydrogens is 895 g/mol. The molecule has 13 nitrogen and oxygen atoms in total. The van der Waals surface area contributed by atoms with Gasteiger partial charge in [0.05, 0.1) is 28.5 Å². The molecule has 0 aromatic rings. The van der Waals surface area contributed by atoms with Crippen LogP contribution in [0.5, 0.6) is 0 Å². The van der Waals surface area contributed by atoms with Gasteiger partial charge in [0.1, 0.15) is 24.4 Å². The largest absolute Gasteiger partial charge is 0.460 e. The smallest absolute Gasteiger partial charge is 0.329 e. The second-order valence-corrected chi connectivity index (χ2v) is 23.5. The molecule has 1 saturated carbocycles. The Bertz CT molecular complexity index is 1810. The summed E-state index contributed by atoms with van der Waals surface area (Å²) in [5.74, 6) is -5.13.